The van der Waals surface area contributed by atoms with Crippen LogP contribution in [0.25, 0.3) is 0 Å². The van der Waals surface area contributed by atoms with Gasteiger partial charge in [0.15, 0.2) is 0 Å². The number of carbonyl (C=O) groups is 1. The highest BCUT2D eigenvalue weighted by Crippen LogP contribution is 2.47. The van der Waals surface area contributed by atoms with E-state index < -0.39 is 0 Å². The van der Waals surface area contributed by atoms with Gasteiger partial charge in [-0.3, -0.25) is 0 Å². The molecule has 168 valence electrons. The molecule has 2 aromatic rings. The van der Waals surface area contributed by atoms with Crippen LogP contribution in [0.1, 0.15) is 44.1 Å². The number of rotatable bonds is 7. The number of urea groups is 1. The molecule has 3 N–H and O–H groups in total. The maximum Gasteiger partial charge on any atom is 0.319 e. The Labute approximate surface area is 188 Å². The molecule has 2 aliphatic heterocycles. The highest BCUT2D eigenvalue weighted by atomic mass is 35.5. The van der Waals surface area contributed by atoms with Crippen molar-refractivity contribution in [3.05, 3.63) is 65.7 Å². The molecule has 3 fully saturated rings. The molecule has 1 atom stereocenters. The van der Waals surface area contributed by atoms with Crippen LogP contribution in [0.3, 0.4) is 0 Å². The van der Waals surface area contributed by atoms with Crippen molar-refractivity contribution in [2.75, 3.05) is 11.9 Å². The van der Waals surface area contributed by atoms with Gasteiger partial charge in [-0.25, -0.2) is 13.6 Å². The number of nitrogens with one attached hydrogen (secondary N) is 3. The third-order valence-corrected chi connectivity index (χ3v) is 6.68. The van der Waals surface area contributed by atoms with Gasteiger partial charge in [-0.15, -0.1) is 12.4 Å². The molecule has 1 aliphatic carbocycles. The second kappa shape index (κ2) is 10.4. The molecule has 2 heterocycles. The van der Waals surface area contributed by atoms with E-state index in [-0.39, 0.29) is 35.5 Å². The van der Waals surface area contributed by atoms with E-state index in [1.165, 1.54) is 55.5 Å². The molecule has 31 heavy (non-hydrogen) atoms. The van der Waals surface area contributed by atoms with Crippen LogP contribution in [0.5, 0.6) is 0 Å². The molecule has 2 bridgehead atoms. The van der Waals surface area contributed by atoms with Gasteiger partial charge in [0.05, 0.1) is 0 Å². The van der Waals surface area contributed by atoms with E-state index in [1.807, 2.05) is 12.1 Å². The molecule has 7 heteroatoms. The number of benzene rings is 2. The number of anilines is 1. The van der Waals surface area contributed by atoms with E-state index in [0.29, 0.717) is 24.3 Å². The van der Waals surface area contributed by atoms with Crippen LogP contribution in [0.15, 0.2) is 48.5 Å². The third-order valence-electron chi connectivity index (χ3n) is 6.68. The summed E-state index contributed by atoms with van der Waals surface area (Å²) in [4.78, 5) is 12.0. The van der Waals surface area contributed by atoms with E-state index in [1.54, 1.807) is 12.1 Å². The van der Waals surface area contributed by atoms with Crippen LogP contribution in [0.2, 0.25) is 0 Å². The Hall–Kier alpha value is -2.18. The molecule has 3 aliphatic rings. The lowest BCUT2D eigenvalue weighted by Gasteiger charge is -2.53. The smallest absolute Gasteiger partial charge is 0.319 e. The number of carbonyl (C=O) groups excluding carboxylic acids is 1. The van der Waals surface area contributed by atoms with Crippen LogP contribution in [0.4, 0.5) is 19.3 Å². The molecule has 2 saturated heterocycles. The van der Waals surface area contributed by atoms with Gasteiger partial charge in [-0.05, 0) is 92.3 Å². The first-order valence-corrected chi connectivity index (χ1v) is 10.8. The summed E-state index contributed by atoms with van der Waals surface area (Å²) in [7, 11) is 0. The van der Waals surface area contributed by atoms with Crippen molar-refractivity contribution >= 4 is 24.1 Å². The Morgan fingerprint density at radius 2 is 1.61 bits per heavy atom. The number of halogens is 3. The molecule has 4 nitrogen and oxygen atoms in total. The predicted molar refractivity (Wildman–Crippen MR) is 122 cm³/mol. The highest BCUT2D eigenvalue weighted by molar-refractivity contribution is 5.89. The predicted octanol–water partition coefficient (Wildman–Crippen LogP) is 5.43. The zero-order valence-electron chi connectivity index (χ0n) is 17.5. The summed E-state index contributed by atoms with van der Waals surface area (Å²) in [6.45, 7) is 0.586. The van der Waals surface area contributed by atoms with E-state index in [4.69, 9.17) is 0 Å². The Kier molecular flexibility index (Phi) is 7.89. The average Bonchev–Trinajstić information content (AvgIpc) is 2.75. The molecule has 1 saturated carbocycles. The van der Waals surface area contributed by atoms with E-state index in [2.05, 4.69) is 16.0 Å². The van der Waals surface area contributed by atoms with Crippen LogP contribution >= 0.6 is 12.4 Å². The minimum Gasteiger partial charge on any atom is -0.338 e. The normalized spacial score (nSPS) is 24.3. The molecule has 0 radical (unpaired) electrons. The second-order valence-corrected chi connectivity index (χ2v) is 8.69. The minimum absolute atomic E-state index is 0. The number of hydrogen-bond acceptors (Lipinski definition) is 2. The minimum atomic E-state index is -0.329. The van der Waals surface area contributed by atoms with Crippen LogP contribution in [-0.4, -0.2) is 24.7 Å². The van der Waals surface area contributed by atoms with Gasteiger partial charge in [0.25, 0.3) is 0 Å². The SMILES string of the molecule is Cl.O=C(NCCCC1NC2CCC1(Cc1ccc(F)cc1)CC2)Nc1ccc(F)cc1. The Morgan fingerprint density at radius 3 is 2.26 bits per heavy atom. The Morgan fingerprint density at radius 1 is 1.00 bits per heavy atom. The monoisotopic (exact) mass is 449 g/mol. The first kappa shape index (κ1) is 23.5. The third kappa shape index (κ3) is 5.95. The summed E-state index contributed by atoms with van der Waals surface area (Å²) >= 11 is 0. The molecular formula is C24H30ClF2N3O. The number of fused-ring (bicyclic) bond motifs is 3. The quantitative estimate of drug-likeness (QED) is 0.493. The average molecular weight is 450 g/mol. The summed E-state index contributed by atoms with van der Waals surface area (Å²) in [6.07, 6.45) is 7.65. The van der Waals surface area contributed by atoms with Crippen molar-refractivity contribution in [1.82, 2.24) is 10.6 Å². The standard InChI is InChI=1S/C24H29F2N3O.ClH/c25-18-5-3-17(4-6-18)16-24-13-11-21(12-14-24)28-22(24)2-1-15-27-23(30)29-20-9-7-19(26)8-10-20;/h3-10,21-22,28H,1-2,11-16H2,(H2,27,29,30);1H. The zero-order valence-corrected chi connectivity index (χ0v) is 18.3. The Bertz CT molecular complexity index is 852. The topological polar surface area (TPSA) is 53.2 Å². The van der Waals surface area contributed by atoms with Gasteiger partial charge in [0, 0.05) is 24.3 Å². The van der Waals surface area contributed by atoms with Crippen molar-refractivity contribution in [3.63, 3.8) is 0 Å². The first-order chi connectivity index (χ1) is 14.5. The van der Waals surface area contributed by atoms with Crippen molar-refractivity contribution in [3.8, 4) is 0 Å². The van der Waals surface area contributed by atoms with Crippen LogP contribution in [-0.2, 0) is 6.42 Å². The van der Waals surface area contributed by atoms with Crippen LogP contribution in [0, 0.1) is 17.0 Å². The number of piperidine rings is 2. The van der Waals surface area contributed by atoms with Crippen LogP contribution < -0.4 is 16.0 Å². The fourth-order valence-electron chi connectivity index (χ4n) is 5.08. The highest BCUT2D eigenvalue weighted by Gasteiger charge is 2.46. The summed E-state index contributed by atoms with van der Waals surface area (Å²) in [6, 6.07) is 13.4. The maximum atomic E-state index is 13.3. The largest absolute Gasteiger partial charge is 0.338 e. The lowest BCUT2D eigenvalue weighted by atomic mass is 9.60. The molecule has 5 rings (SSSR count). The van der Waals surface area contributed by atoms with Gasteiger partial charge < -0.3 is 16.0 Å². The van der Waals surface area contributed by atoms with Gasteiger partial charge >= 0.3 is 6.03 Å². The van der Waals surface area contributed by atoms with Crippen molar-refractivity contribution in [1.29, 1.82) is 0 Å². The molecule has 0 spiro atoms. The summed E-state index contributed by atoms with van der Waals surface area (Å²) in [5.41, 5.74) is 1.97. The van der Waals surface area contributed by atoms with E-state index in [9.17, 15) is 13.6 Å². The molecule has 0 aromatic heterocycles. The fourth-order valence-corrected chi connectivity index (χ4v) is 5.08. The second-order valence-electron chi connectivity index (χ2n) is 8.69. The van der Waals surface area contributed by atoms with Gasteiger partial charge in [0.1, 0.15) is 11.6 Å². The fraction of sp³-hybridized carbons (Fsp3) is 0.458. The number of amides is 2. The molecular weight excluding hydrogens is 420 g/mol. The Balaban J connectivity index is 0.00000272. The molecule has 2 aromatic carbocycles. The van der Waals surface area contributed by atoms with Gasteiger partial charge in [0.2, 0.25) is 0 Å². The van der Waals surface area contributed by atoms with Gasteiger partial charge in [-0.1, -0.05) is 12.1 Å². The number of hydrogen-bond donors (Lipinski definition) is 3. The summed E-state index contributed by atoms with van der Waals surface area (Å²) in [5, 5.41) is 9.42. The van der Waals surface area contributed by atoms with E-state index >= 15 is 0 Å². The summed E-state index contributed by atoms with van der Waals surface area (Å²) < 4.78 is 26.2. The molecule has 2 amide bonds. The zero-order chi connectivity index (χ0) is 21.0. The van der Waals surface area contributed by atoms with E-state index in [0.717, 1.165) is 19.3 Å². The van der Waals surface area contributed by atoms with Gasteiger partial charge in [-0.2, -0.15) is 0 Å². The summed E-state index contributed by atoms with van der Waals surface area (Å²) in [5.74, 6) is -0.520. The first-order valence-electron chi connectivity index (χ1n) is 10.8. The van der Waals surface area contributed by atoms with Crippen molar-refractivity contribution < 1.29 is 13.6 Å². The maximum absolute atomic E-state index is 13.3. The molecule has 1 unspecified atom stereocenters. The lowest BCUT2D eigenvalue weighted by molar-refractivity contribution is 0.0329. The van der Waals surface area contributed by atoms with Crippen molar-refractivity contribution in [2.45, 2.75) is 57.0 Å². The van der Waals surface area contributed by atoms with Crippen molar-refractivity contribution in [2.24, 2.45) is 5.41 Å². The lowest BCUT2D eigenvalue weighted by Crippen LogP contribution is -2.59.